The number of halogens is 4. The topological polar surface area (TPSA) is 27.7 Å². The molecule has 3 nitrogen and oxygen atoms in total. The highest BCUT2D eigenvalue weighted by molar-refractivity contribution is 5.46. The zero-order valence-electron chi connectivity index (χ0n) is 10.1. The van der Waals surface area contributed by atoms with E-state index in [0.29, 0.717) is 0 Å². The first-order valence-corrected chi connectivity index (χ1v) is 5.62. The van der Waals surface area contributed by atoms with Crippen molar-refractivity contribution in [1.82, 2.24) is 0 Å². The molecule has 0 amide bonds. The fraction of sp³-hybridized carbons (Fsp3) is 0.500. The first kappa shape index (κ1) is 13.9. The molecule has 0 spiro atoms. The number of rotatable bonds is 5. The van der Waals surface area contributed by atoms with Crippen LogP contribution in [0.5, 0.6) is 11.5 Å². The molecule has 1 aliphatic carbocycles. The van der Waals surface area contributed by atoms with Crippen molar-refractivity contribution in [3.63, 3.8) is 0 Å². The maximum Gasteiger partial charge on any atom is 0.573 e. The van der Waals surface area contributed by atoms with Crippen molar-refractivity contribution in [3.05, 3.63) is 23.5 Å². The van der Waals surface area contributed by atoms with Crippen LogP contribution in [0, 0.1) is 5.82 Å². The lowest BCUT2D eigenvalue weighted by Crippen LogP contribution is -2.18. The van der Waals surface area contributed by atoms with Gasteiger partial charge < -0.3 is 14.2 Å². The van der Waals surface area contributed by atoms with Gasteiger partial charge in [0.15, 0.2) is 18.4 Å². The van der Waals surface area contributed by atoms with Gasteiger partial charge in [0, 0.05) is 12.7 Å². The molecule has 1 saturated carbocycles. The molecule has 0 saturated heterocycles. The van der Waals surface area contributed by atoms with Gasteiger partial charge in [-0.15, -0.1) is 13.2 Å². The van der Waals surface area contributed by atoms with Crippen LogP contribution in [0.15, 0.2) is 12.1 Å². The van der Waals surface area contributed by atoms with Gasteiger partial charge in [-0.2, -0.15) is 0 Å². The average molecular weight is 280 g/mol. The Balaban J connectivity index is 2.30. The van der Waals surface area contributed by atoms with E-state index in [9.17, 15) is 17.6 Å². The number of alkyl halides is 3. The van der Waals surface area contributed by atoms with Gasteiger partial charge >= 0.3 is 6.36 Å². The molecule has 0 N–H and O–H groups in total. The van der Waals surface area contributed by atoms with Crippen LogP contribution < -0.4 is 9.47 Å². The molecule has 1 aromatic carbocycles. The minimum absolute atomic E-state index is 0.0986. The number of ether oxygens (including phenoxy) is 3. The van der Waals surface area contributed by atoms with E-state index in [1.807, 2.05) is 0 Å². The summed E-state index contributed by atoms with van der Waals surface area (Å²) in [6.07, 6.45) is -3.48. The summed E-state index contributed by atoms with van der Waals surface area (Å²) in [7, 11) is 1.40. The van der Waals surface area contributed by atoms with Crippen molar-refractivity contribution in [2.45, 2.75) is 25.1 Å². The van der Waals surface area contributed by atoms with Crippen molar-refractivity contribution < 1.29 is 31.8 Å². The highest BCUT2D eigenvalue weighted by atomic mass is 19.4. The van der Waals surface area contributed by atoms with Crippen LogP contribution in [0.25, 0.3) is 0 Å². The molecule has 0 heterocycles. The number of hydrogen-bond acceptors (Lipinski definition) is 3. The van der Waals surface area contributed by atoms with Crippen molar-refractivity contribution in [1.29, 1.82) is 0 Å². The van der Waals surface area contributed by atoms with Crippen LogP contribution in [-0.2, 0) is 4.74 Å². The average Bonchev–Trinajstić information content (AvgIpc) is 3.12. The summed E-state index contributed by atoms with van der Waals surface area (Å²) in [5.74, 6) is -1.78. The molecule has 19 heavy (non-hydrogen) atoms. The van der Waals surface area contributed by atoms with E-state index in [1.165, 1.54) is 13.2 Å². The Morgan fingerprint density at radius 2 is 1.84 bits per heavy atom. The van der Waals surface area contributed by atoms with Gasteiger partial charge in [-0.25, -0.2) is 4.39 Å². The second-order valence-electron chi connectivity index (χ2n) is 4.16. The standard InChI is InChI=1S/C12H12F4O3/c1-17-6-18-8-4-5-9(19-12(14,15)16)11(13)10(8)7-2-3-7/h4-5,7H,2-3,6H2,1H3. The van der Waals surface area contributed by atoms with E-state index < -0.39 is 17.9 Å². The summed E-state index contributed by atoms with van der Waals surface area (Å²) in [5, 5.41) is 0. The third-order valence-electron chi connectivity index (χ3n) is 2.65. The monoisotopic (exact) mass is 280 g/mol. The van der Waals surface area contributed by atoms with E-state index in [4.69, 9.17) is 9.47 Å². The van der Waals surface area contributed by atoms with Crippen molar-refractivity contribution in [2.24, 2.45) is 0 Å². The van der Waals surface area contributed by atoms with Gasteiger partial charge in [-0.3, -0.25) is 0 Å². The molecule has 0 atom stereocenters. The van der Waals surface area contributed by atoms with Crippen LogP contribution in [0.2, 0.25) is 0 Å². The molecule has 0 radical (unpaired) electrons. The van der Waals surface area contributed by atoms with Gasteiger partial charge in [0.25, 0.3) is 0 Å². The zero-order valence-corrected chi connectivity index (χ0v) is 10.1. The van der Waals surface area contributed by atoms with Crippen LogP contribution >= 0.6 is 0 Å². The first-order valence-electron chi connectivity index (χ1n) is 5.62. The SMILES string of the molecule is COCOc1ccc(OC(F)(F)F)c(F)c1C1CC1. The fourth-order valence-corrected chi connectivity index (χ4v) is 1.76. The highest BCUT2D eigenvalue weighted by Crippen LogP contribution is 2.47. The van der Waals surface area contributed by atoms with E-state index >= 15 is 0 Å². The Bertz CT molecular complexity index is 455. The van der Waals surface area contributed by atoms with E-state index in [1.54, 1.807) is 0 Å². The van der Waals surface area contributed by atoms with Crippen LogP contribution in [-0.4, -0.2) is 20.3 Å². The Morgan fingerprint density at radius 1 is 1.21 bits per heavy atom. The predicted molar refractivity (Wildman–Crippen MR) is 57.6 cm³/mol. The summed E-state index contributed by atoms with van der Waals surface area (Å²) in [6.45, 7) is -0.0986. The summed E-state index contributed by atoms with van der Waals surface area (Å²) in [5.41, 5.74) is 0.124. The Morgan fingerprint density at radius 3 is 2.37 bits per heavy atom. The molecule has 2 rings (SSSR count). The van der Waals surface area contributed by atoms with Gasteiger partial charge in [0.1, 0.15) is 5.75 Å². The van der Waals surface area contributed by atoms with Gasteiger partial charge in [-0.05, 0) is 30.9 Å². The molecule has 1 fully saturated rings. The first-order chi connectivity index (χ1) is 8.92. The Hall–Kier alpha value is -1.50. The van der Waals surface area contributed by atoms with Crippen LogP contribution in [0.4, 0.5) is 17.6 Å². The van der Waals surface area contributed by atoms with E-state index in [-0.39, 0.29) is 24.0 Å². The Kier molecular flexibility index (Phi) is 3.84. The minimum atomic E-state index is -4.92. The number of hydrogen-bond donors (Lipinski definition) is 0. The highest BCUT2D eigenvalue weighted by Gasteiger charge is 2.36. The lowest BCUT2D eigenvalue weighted by atomic mass is 10.1. The summed E-state index contributed by atoms with van der Waals surface area (Å²) >= 11 is 0. The van der Waals surface area contributed by atoms with Crippen molar-refractivity contribution in [3.8, 4) is 11.5 Å². The molecule has 7 heteroatoms. The van der Waals surface area contributed by atoms with Gasteiger partial charge in [0.2, 0.25) is 0 Å². The molecular formula is C12H12F4O3. The lowest BCUT2D eigenvalue weighted by Gasteiger charge is -2.15. The minimum Gasteiger partial charge on any atom is -0.467 e. The largest absolute Gasteiger partial charge is 0.573 e. The number of methoxy groups -OCH3 is 1. The number of benzene rings is 1. The third kappa shape index (κ3) is 3.50. The predicted octanol–water partition coefficient (Wildman–Crippen LogP) is 3.58. The summed E-state index contributed by atoms with van der Waals surface area (Å²) < 4.78 is 63.9. The molecule has 0 aliphatic heterocycles. The fourth-order valence-electron chi connectivity index (χ4n) is 1.76. The molecule has 0 unspecified atom stereocenters. The van der Waals surface area contributed by atoms with E-state index in [0.717, 1.165) is 18.9 Å². The normalized spacial score (nSPS) is 15.4. The molecule has 0 bridgehead atoms. The third-order valence-corrected chi connectivity index (χ3v) is 2.65. The zero-order chi connectivity index (χ0) is 14.0. The maximum absolute atomic E-state index is 14.0. The Labute approximate surface area is 107 Å². The summed E-state index contributed by atoms with van der Waals surface area (Å²) in [6, 6.07) is 2.16. The molecular weight excluding hydrogens is 268 g/mol. The smallest absolute Gasteiger partial charge is 0.467 e. The molecule has 0 aromatic heterocycles. The van der Waals surface area contributed by atoms with Crippen LogP contribution in [0.1, 0.15) is 24.3 Å². The molecule has 106 valence electrons. The molecule has 1 aromatic rings. The van der Waals surface area contributed by atoms with E-state index in [2.05, 4.69) is 4.74 Å². The van der Waals surface area contributed by atoms with Gasteiger partial charge in [0.05, 0.1) is 0 Å². The van der Waals surface area contributed by atoms with Crippen LogP contribution in [0.3, 0.4) is 0 Å². The maximum atomic E-state index is 14.0. The van der Waals surface area contributed by atoms with Gasteiger partial charge in [-0.1, -0.05) is 0 Å². The van der Waals surface area contributed by atoms with Crippen molar-refractivity contribution in [2.75, 3.05) is 13.9 Å². The second kappa shape index (κ2) is 5.24. The molecule has 1 aliphatic rings. The summed E-state index contributed by atoms with van der Waals surface area (Å²) in [4.78, 5) is 0. The van der Waals surface area contributed by atoms with Crippen molar-refractivity contribution >= 4 is 0 Å². The lowest BCUT2D eigenvalue weighted by molar-refractivity contribution is -0.275. The quantitative estimate of drug-likeness (QED) is 0.609. The second-order valence-corrected chi connectivity index (χ2v) is 4.16.